The molecule has 24 heavy (non-hydrogen) atoms. The Bertz CT molecular complexity index is 661. The van der Waals surface area contributed by atoms with E-state index < -0.39 is 5.60 Å². The van der Waals surface area contributed by atoms with Crippen molar-refractivity contribution in [2.45, 2.75) is 29.9 Å². The SMILES string of the molecule is Oc1ccc(SCN2CC3CC(O)(Cc4cccs4)CC3C2)nc1. The van der Waals surface area contributed by atoms with Gasteiger partial charge >= 0.3 is 0 Å². The van der Waals surface area contributed by atoms with Crippen molar-refractivity contribution in [3.63, 3.8) is 0 Å². The molecule has 3 heterocycles. The van der Waals surface area contributed by atoms with Gasteiger partial charge < -0.3 is 10.2 Å². The molecule has 0 amide bonds. The van der Waals surface area contributed by atoms with Gasteiger partial charge in [-0.3, -0.25) is 4.90 Å². The van der Waals surface area contributed by atoms with Crippen LogP contribution in [0.25, 0.3) is 0 Å². The zero-order valence-corrected chi connectivity index (χ0v) is 15.1. The lowest BCUT2D eigenvalue weighted by Gasteiger charge is -2.25. The average Bonchev–Trinajstić information content (AvgIpc) is 3.22. The lowest BCUT2D eigenvalue weighted by atomic mass is 9.95. The molecule has 2 aromatic rings. The Labute approximate surface area is 150 Å². The zero-order chi connectivity index (χ0) is 16.6. The summed E-state index contributed by atoms with van der Waals surface area (Å²) in [4.78, 5) is 7.99. The molecule has 128 valence electrons. The van der Waals surface area contributed by atoms with Gasteiger partial charge in [-0.25, -0.2) is 4.98 Å². The fourth-order valence-electron chi connectivity index (χ4n) is 4.16. The number of fused-ring (bicyclic) bond motifs is 1. The van der Waals surface area contributed by atoms with Gasteiger partial charge in [-0.1, -0.05) is 17.8 Å². The van der Waals surface area contributed by atoms with E-state index in [2.05, 4.69) is 27.4 Å². The summed E-state index contributed by atoms with van der Waals surface area (Å²) in [6.45, 7) is 2.14. The standard InChI is InChI=1S/C18H22N2O2S2/c21-15-3-4-17(19-9-15)24-12-20-10-13-6-18(22,7-14(13)11-20)8-16-2-1-5-23-16/h1-5,9,13-14,21-22H,6-8,10-12H2. The summed E-state index contributed by atoms with van der Waals surface area (Å²) >= 11 is 3.46. The molecule has 1 aliphatic heterocycles. The van der Waals surface area contributed by atoms with E-state index in [1.54, 1.807) is 29.2 Å². The largest absolute Gasteiger partial charge is 0.506 e. The smallest absolute Gasteiger partial charge is 0.133 e. The monoisotopic (exact) mass is 362 g/mol. The minimum Gasteiger partial charge on any atom is -0.506 e. The van der Waals surface area contributed by atoms with Gasteiger partial charge in [-0.05, 0) is 48.3 Å². The molecule has 4 rings (SSSR count). The number of likely N-dealkylation sites (tertiary alicyclic amines) is 1. The Kier molecular flexibility index (Phi) is 4.56. The van der Waals surface area contributed by atoms with Gasteiger partial charge in [-0.15, -0.1) is 11.3 Å². The van der Waals surface area contributed by atoms with Gasteiger partial charge in [0.1, 0.15) is 5.75 Å². The molecule has 0 bridgehead atoms. The van der Waals surface area contributed by atoms with Crippen LogP contribution in [0.15, 0.2) is 40.9 Å². The minimum atomic E-state index is -0.502. The summed E-state index contributed by atoms with van der Waals surface area (Å²) in [5.74, 6) is 2.36. The number of nitrogens with zero attached hydrogens (tertiary/aromatic N) is 2. The molecule has 2 N–H and O–H groups in total. The van der Waals surface area contributed by atoms with Crippen molar-refractivity contribution >= 4 is 23.1 Å². The van der Waals surface area contributed by atoms with Crippen molar-refractivity contribution in [1.82, 2.24) is 9.88 Å². The number of thiophene rings is 1. The molecule has 2 fully saturated rings. The molecule has 1 aliphatic carbocycles. The normalized spacial score (nSPS) is 29.9. The minimum absolute atomic E-state index is 0.208. The number of aromatic hydroxyl groups is 1. The molecule has 2 aromatic heterocycles. The van der Waals surface area contributed by atoms with Crippen LogP contribution in [0.4, 0.5) is 0 Å². The summed E-state index contributed by atoms with van der Waals surface area (Å²) < 4.78 is 0. The van der Waals surface area contributed by atoms with Crippen LogP contribution in [-0.4, -0.2) is 44.7 Å². The van der Waals surface area contributed by atoms with Crippen molar-refractivity contribution in [1.29, 1.82) is 0 Å². The summed E-state index contributed by atoms with van der Waals surface area (Å²) in [5, 5.41) is 23.3. The van der Waals surface area contributed by atoms with Gasteiger partial charge in [-0.2, -0.15) is 0 Å². The van der Waals surface area contributed by atoms with E-state index in [9.17, 15) is 10.2 Å². The average molecular weight is 363 g/mol. The maximum Gasteiger partial charge on any atom is 0.133 e. The van der Waals surface area contributed by atoms with E-state index in [0.29, 0.717) is 11.8 Å². The Morgan fingerprint density at radius 2 is 2.04 bits per heavy atom. The predicted octanol–water partition coefficient (Wildman–Crippen LogP) is 3.21. The Morgan fingerprint density at radius 1 is 1.25 bits per heavy atom. The highest BCUT2D eigenvalue weighted by Crippen LogP contribution is 2.46. The quantitative estimate of drug-likeness (QED) is 0.800. The van der Waals surface area contributed by atoms with Crippen LogP contribution >= 0.6 is 23.1 Å². The van der Waals surface area contributed by atoms with E-state index in [0.717, 1.165) is 43.3 Å². The second-order valence-electron chi connectivity index (χ2n) is 7.07. The first-order valence-corrected chi connectivity index (χ1v) is 10.2. The Balaban J connectivity index is 1.29. The first-order chi connectivity index (χ1) is 11.6. The third-order valence-electron chi connectivity index (χ3n) is 5.14. The Morgan fingerprint density at radius 3 is 2.67 bits per heavy atom. The van der Waals surface area contributed by atoms with Crippen LogP contribution in [0.5, 0.6) is 5.75 Å². The number of aliphatic hydroxyl groups is 1. The predicted molar refractivity (Wildman–Crippen MR) is 97.4 cm³/mol. The maximum absolute atomic E-state index is 10.9. The van der Waals surface area contributed by atoms with Crippen LogP contribution in [-0.2, 0) is 6.42 Å². The summed E-state index contributed by atoms with van der Waals surface area (Å²) in [5.41, 5.74) is -0.502. The fourth-order valence-corrected chi connectivity index (χ4v) is 5.82. The third-order valence-corrected chi connectivity index (χ3v) is 7.04. The fraction of sp³-hybridized carbons (Fsp3) is 0.500. The van der Waals surface area contributed by atoms with E-state index in [4.69, 9.17) is 0 Å². The molecule has 0 spiro atoms. The summed E-state index contributed by atoms with van der Waals surface area (Å²) in [6.07, 6.45) is 4.15. The number of hydrogen-bond acceptors (Lipinski definition) is 6. The third kappa shape index (κ3) is 3.61. The highest BCUT2D eigenvalue weighted by atomic mass is 32.2. The van der Waals surface area contributed by atoms with Gasteiger partial charge in [0.15, 0.2) is 0 Å². The van der Waals surface area contributed by atoms with Crippen molar-refractivity contribution in [2.24, 2.45) is 11.8 Å². The molecule has 2 aliphatic rings. The van der Waals surface area contributed by atoms with Crippen molar-refractivity contribution in [3.8, 4) is 5.75 Å². The number of pyridine rings is 1. The first kappa shape index (κ1) is 16.4. The van der Waals surface area contributed by atoms with Crippen LogP contribution in [0.3, 0.4) is 0 Å². The van der Waals surface area contributed by atoms with E-state index in [-0.39, 0.29) is 5.75 Å². The number of rotatable bonds is 5. The van der Waals surface area contributed by atoms with E-state index in [1.807, 2.05) is 6.07 Å². The molecule has 1 saturated carbocycles. The highest BCUT2D eigenvalue weighted by Gasteiger charge is 2.48. The molecule has 4 nitrogen and oxygen atoms in total. The van der Waals surface area contributed by atoms with Gasteiger partial charge in [0.05, 0.1) is 22.7 Å². The van der Waals surface area contributed by atoms with Gasteiger partial charge in [0.25, 0.3) is 0 Å². The number of thioether (sulfide) groups is 1. The molecule has 6 heteroatoms. The van der Waals surface area contributed by atoms with Crippen LogP contribution in [0, 0.1) is 11.8 Å². The molecular weight excluding hydrogens is 340 g/mol. The van der Waals surface area contributed by atoms with Crippen LogP contribution in [0.2, 0.25) is 0 Å². The first-order valence-electron chi connectivity index (χ1n) is 8.35. The molecular formula is C18H22N2O2S2. The van der Waals surface area contributed by atoms with Crippen LogP contribution in [0.1, 0.15) is 17.7 Å². The maximum atomic E-state index is 10.9. The highest BCUT2D eigenvalue weighted by molar-refractivity contribution is 7.99. The van der Waals surface area contributed by atoms with Crippen molar-refractivity contribution < 1.29 is 10.2 Å². The Hall–Kier alpha value is -1.08. The molecule has 1 saturated heterocycles. The summed E-state index contributed by atoms with van der Waals surface area (Å²) in [7, 11) is 0. The molecule has 2 atom stereocenters. The molecule has 2 unspecified atom stereocenters. The lowest BCUT2D eigenvalue weighted by molar-refractivity contribution is 0.0370. The van der Waals surface area contributed by atoms with E-state index in [1.165, 1.54) is 11.1 Å². The van der Waals surface area contributed by atoms with Crippen molar-refractivity contribution in [2.75, 3.05) is 19.0 Å². The molecule has 0 radical (unpaired) electrons. The number of hydrogen-bond donors (Lipinski definition) is 2. The topological polar surface area (TPSA) is 56.6 Å². The van der Waals surface area contributed by atoms with Crippen molar-refractivity contribution in [3.05, 3.63) is 40.7 Å². The van der Waals surface area contributed by atoms with E-state index >= 15 is 0 Å². The second kappa shape index (κ2) is 6.67. The number of aromatic nitrogens is 1. The molecule has 0 aromatic carbocycles. The van der Waals surface area contributed by atoms with Gasteiger partial charge in [0.2, 0.25) is 0 Å². The van der Waals surface area contributed by atoms with Gasteiger partial charge in [0, 0.05) is 24.4 Å². The second-order valence-corrected chi connectivity index (χ2v) is 9.07. The lowest BCUT2D eigenvalue weighted by Crippen LogP contribution is -2.31. The summed E-state index contributed by atoms with van der Waals surface area (Å²) in [6, 6.07) is 7.73. The zero-order valence-electron chi connectivity index (χ0n) is 13.5. The van der Waals surface area contributed by atoms with Crippen LogP contribution < -0.4 is 0 Å².